The fourth-order valence-electron chi connectivity index (χ4n) is 2.06. The third-order valence-corrected chi connectivity index (χ3v) is 3.76. The van der Waals surface area contributed by atoms with Crippen molar-refractivity contribution in [3.05, 3.63) is 45.6 Å². The van der Waals surface area contributed by atoms with Gasteiger partial charge in [-0.2, -0.15) is 0 Å². The van der Waals surface area contributed by atoms with Gasteiger partial charge in [0.15, 0.2) is 0 Å². The zero-order valence-corrected chi connectivity index (χ0v) is 13.1. The number of aromatic nitrogens is 1. The first-order valence-corrected chi connectivity index (χ1v) is 6.85. The van der Waals surface area contributed by atoms with E-state index in [1.807, 2.05) is 19.9 Å². The number of hydrogen-bond acceptors (Lipinski definition) is 3. The van der Waals surface area contributed by atoms with Crippen LogP contribution in [-0.4, -0.2) is 12.1 Å². The minimum atomic E-state index is 0.809. The summed E-state index contributed by atoms with van der Waals surface area (Å²) < 4.78 is 6.46. The molecule has 19 heavy (non-hydrogen) atoms. The highest BCUT2D eigenvalue weighted by atomic mass is 79.9. The SMILES string of the molecule is COc1c(C)cc(C)cc1Nc1cc(C)c(Br)cn1. The first-order chi connectivity index (χ1) is 9.01. The monoisotopic (exact) mass is 320 g/mol. The maximum atomic E-state index is 5.46. The summed E-state index contributed by atoms with van der Waals surface area (Å²) in [5, 5.41) is 3.32. The van der Waals surface area contributed by atoms with E-state index in [1.165, 1.54) is 5.56 Å². The van der Waals surface area contributed by atoms with Gasteiger partial charge in [0.1, 0.15) is 11.6 Å². The van der Waals surface area contributed by atoms with E-state index in [0.29, 0.717) is 0 Å². The van der Waals surface area contributed by atoms with Crippen molar-refractivity contribution in [1.29, 1.82) is 0 Å². The van der Waals surface area contributed by atoms with Gasteiger partial charge in [-0.05, 0) is 65.5 Å². The van der Waals surface area contributed by atoms with Gasteiger partial charge in [-0.15, -0.1) is 0 Å². The fraction of sp³-hybridized carbons (Fsp3) is 0.267. The molecule has 0 saturated heterocycles. The van der Waals surface area contributed by atoms with Gasteiger partial charge in [0.25, 0.3) is 0 Å². The van der Waals surface area contributed by atoms with Crippen LogP contribution in [0.4, 0.5) is 11.5 Å². The Hall–Kier alpha value is -1.55. The number of ether oxygens (including phenoxy) is 1. The molecule has 2 rings (SSSR count). The van der Waals surface area contributed by atoms with Gasteiger partial charge < -0.3 is 10.1 Å². The number of pyridine rings is 1. The first kappa shape index (κ1) is 13.9. The highest BCUT2D eigenvalue weighted by molar-refractivity contribution is 9.10. The van der Waals surface area contributed by atoms with Crippen molar-refractivity contribution < 1.29 is 4.74 Å². The van der Waals surface area contributed by atoms with Crippen molar-refractivity contribution in [3.8, 4) is 5.75 Å². The highest BCUT2D eigenvalue weighted by Gasteiger charge is 2.09. The lowest BCUT2D eigenvalue weighted by Gasteiger charge is -2.14. The molecule has 0 fully saturated rings. The first-order valence-electron chi connectivity index (χ1n) is 6.05. The smallest absolute Gasteiger partial charge is 0.145 e. The minimum absolute atomic E-state index is 0.809. The molecule has 4 heteroatoms. The Bertz CT molecular complexity index is 611. The summed E-state index contributed by atoms with van der Waals surface area (Å²) in [5.74, 6) is 1.66. The molecule has 100 valence electrons. The Morgan fingerprint density at radius 2 is 1.84 bits per heavy atom. The van der Waals surface area contributed by atoms with E-state index in [9.17, 15) is 0 Å². The van der Waals surface area contributed by atoms with E-state index < -0.39 is 0 Å². The number of anilines is 2. The van der Waals surface area contributed by atoms with Gasteiger partial charge in [0, 0.05) is 10.7 Å². The minimum Gasteiger partial charge on any atom is -0.494 e. The van der Waals surface area contributed by atoms with E-state index in [4.69, 9.17) is 4.74 Å². The second-order valence-electron chi connectivity index (χ2n) is 4.61. The maximum absolute atomic E-state index is 5.46. The fourth-order valence-corrected chi connectivity index (χ4v) is 2.28. The Balaban J connectivity index is 2.39. The average Bonchev–Trinajstić information content (AvgIpc) is 2.33. The summed E-state index contributed by atoms with van der Waals surface area (Å²) in [5.41, 5.74) is 4.38. The highest BCUT2D eigenvalue weighted by Crippen LogP contribution is 2.32. The van der Waals surface area contributed by atoms with Crippen LogP contribution in [0, 0.1) is 20.8 Å². The van der Waals surface area contributed by atoms with Crippen molar-refractivity contribution >= 4 is 27.4 Å². The van der Waals surface area contributed by atoms with Crippen LogP contribution in [0.5, 0.6) is 5.75 Å². The Morgan fingerprint density at radius 3 is 2.47 bits per heavy atom. The number of methoxy groups -OCH3 is 1. The van der Waals surface area contributed by atoms with Crippen LogP contribution < -0.4 is 10.1 Å². The van der Waals surface area contributed by atoms with Crippen LogP contribution in [0.15, 0.2) is 28.9 Å². The lowest BCUT2D eigenvalue weighted by atomic mass is 10.1. The van der Waals surface area contributed by atoms with Crippen LogP contribution in [0.3, 0.4) is 0 Å². The Morgan fingerprint density at radius 1 is 1.11 bits per heavy atom. The molecule has 1 N–H and O–H groups in total. The molecule has 1 heterocycles. The van der Waals surface area contributed by atoms with Gasteiger partial charge in [0.2, 0.25) is 0 Å². The molecule has 1 aromatic heterocycles. The number of benzene rings is 1. The summed E-state index contributed by atoms with van der Waals surface area (Å²) in [6, 6.07) is 6.16. The van der Waals surface area contributed by atoms with Crippen molar-refractivity contribution in [2.75, 3.05) is 12.4 Å². The summed E-state index contributed by atoms with van der Waals surface area (Å²) >= 11 is 3.45. The molecule has 3 nitrogen and oxygen atoms in total. The van der Waals surface area contributed by atoms with E-state index in [-0.39, 0.29) is 0 Å². The van der Waals surface area contributed by atoms with Crippen LogP contribution in [0.25, 0.3) is 0 Å². The van der Waals surface area contributed by atoms with Gasteiger partial charge in [-0.1, -0.05) is 6.07 Å². The molecule has 0 radical (unpaired) electrons. The molecule has 0 unspecified atom stereocenters. The largest absolute Gasteiger partial charge is 0.494 e. The number of hydrogen-bond donors (Lipinski definition) is 1. The number of nitrogens with zero attached hydrogens (tertiary/aromatic N) is 1. The summed E-state index contributed by atoms with van der Waals surface area (Å²) in [6.07, 6.45) is 1.80. The summed E-state index contributed by atoms with van der Waals surface area (Å²) in [7, 11) is 1.68. The summed E-state index contributed by atoms with van der Waals surface area (Å²) in [6.45, 7) is 6.14. The zero-order chi connectivity index (χ0) is 14.0. The molecular weight excluding hydrogens is 304 g/mol. The molecule has 0 aliphatic heterocycles. The predicted molar refractivity (Wildman–Crippen MR) is 82.4 cm³/mol. The lowest BCUT2D eigenvalue weighted by Crippen LogP contribution is -1.99. The molecule has 1 aromatic carbocycles. The maximum Gasteiger partial charge on any atom is 0.145 e. The molecule has 2 aromatic rings. The standard InChI is InChI=1S/C15H17BrN2O/c1-9-5-11(3)15(19-4)13(6-9)18-14-7-10(2)12(16)8-17-14/h5-8H,1-4H3,(H,17,18). The van der Waals surface area contributed by atoms with Gasteiger partial charge >= 0.3 is 0 Å². The molecule has 0 spiro atoms. The van der Waals surface area contributed by atoms with Crippen LogP contribution in [-0.2, 0) is 0 Å². The Labute approximate surface area is 122 Å². The molecule has 0 atom stereocenters. The third kappa shape index (κ3) is 3.07. The molecule has 0 saturated carbocycles. The molecule has 0 bridgehead atoms. The van der Waals surface area contributed by atoms with Crippen molar-refractivity contribution in [2.45, 2.75) is 20.8 Å². The number of nitrogens with one attached hydrogen (secondary N) is 1. The third-order valence-electron chi connectivity index (χ3n) is 2.93. The zero-order valence-electron chi connectivity index (χ0n) is 11.5. The number of aryl methyl sites for hydroxylation is 3. The van der Waals surface area contributed by atoms with E-state index >= 15 is 0 Å². The van der Waals surface area contributed by atoms with Crippen molar-refractivity contribution in [1.82, 2.24) is 4.98 Å². The predicted octanol–water partition coefficient (Wildman–Crippen LogP) is 4.52. The van der Waals surface area contributed by atoms with E-state index in [0.717, 1.165) is 32.9 Å². The molecular formula is C15H17BrN2O. The topological polar surface area (TPSA) is 34.1 Å². The normalized spacial score (nSPS) is 10.4. The second kappa shape index (κ2) is 5.61. The van der Waals surface area contributed by atoms with Crippen LogP contribution in [0.2, 0.25) is 0 Å². The quantitative estimate of drug-likeness (QED) is 0.902. The van der Waals surface area contributed by atoms with E-state index in [1.54, 1.807) is 13.3 Å². The van der Waals surface area contributed by atoms with Crippen molar-refractivity contribution in [2.24, 2.45) is 0 Å². The van der Waals surface area contributed by atoms with Crippen molar-refractivity contribution in [3.63, 3.8) is 0 Å². The van der Waals surface area contributed by atoms with Crippen LogP contribution >= 0.6 is 15.9 Å². The number of halogens is 1. The molecule has 0 aliphatic carbocycles. The molecule has 0 aliphatic rings. The molecule has 0 amide bonds. The van der Waals surface area contributed by atoms with E-state index in [2.05, 4.69) is 45.3 Å². The van der Waals surface area contributed by atoms with Gasteiger partial charge in [-0.25, -0.2) is 4.98 Å². The number of rotatable bonds is 3. The van der Waals surface area contributed by atoms with Crippen LogP contribution in [0.1, 0.15) is 16.7 Å². The Kier molecular flexibility index (Phi) is 4.10. The summed E-state index contributed by atoms with van der Waals surface area (Å²) in [4.78, 5) is 4.36. The lowest BCUT2D eigenvalue weighted by molar-refractivity contribution is 0.413. The average molecular weight is 321 g/mol. The van der Waals surface area contributed by atoms with Gasteiger partial charge in [0.05, 0.1) is 12.8 Å². The second-order valence-corrected chi connectivity index (χ2v) is 5.46. The van der Waals surface area contributed by atoms with Gasteiger partial charge in [-0.3, -0.25) is 0 Å².